The number of nitrogens with zero attached hydrogens (tertiary/aromatic N) is 3. The van der Waals surface area contributed by atoms with E-state index in [4.69, 9.17) is 20.4 Å². The summed E-state index contributed by atoms with van der Waals surface area (Å²) in [5, 5.41) is 0. The van der Waals surface area contributed by atoms with Gasteiger partial charge in [-0.2, -0.15) is 0 Å². The Morgan fingerprint density at radius 1 is 1.21 bits per heavy atom. The second-order valence-corrected chi connectivity index (χ2v) is 10.5. The molecule has 3 rings (SSSR count). The van der Waals surface area contributed by atoms with E-state index in [2.05, 4.69) is 13.8 Å². The molecule has 2 heterocycles. The lowest BCUT2D eigenvalue weighted by molar-refractivity contribution is 0.0860. The smallest absolute Gasteiger partial charge is 0.410 e. The largest absolute Gasteiger partial charge is 0.445 e. The minimum atomic E-state index is -3.73. The first kappa shape index (κ1) is 21.6. The van der Waals surface area contributed by atoms with Crippen LogP contribution in [0.25, 0.3) is 0 Å². The van der Waals surface area contributed by atoms with E-state index in [1.807, 2.05) is 41.8 Å². The fraction of sp³-hybridized carbons (Fsp3) is 0.500. The molecule has 0 radical (unpaired) electrons. The summed E-state index contributed by atoms with van der Waals surface area (Å²) in [5.74, 6) is 0.744. The molecule has 0 unspecified atom stereocenters. The SMILES string of the molecule is CC(C)[C@H](C)c1nc2n(c1CS(=O)(=O)Cl)CCN(C(=O)OCc1ccccc1)C2. The van der Waals surface area contributed by atoms with Crippen LogP contribution in [-0.4, -0.2) is 35.5 Å². The van der Waals surface area contributed by atoms with Gasteiger partial charge in [0.1, 0.15) is 18.2 Å². The maximum Gasteiger partial charge on any atom is 0.410 e. The van der Waals surface area contributed by atoms with Crippen LogP contribution in [0.15, 0.2) is 30.3 Å². The molecule has 0 spiro atoms. The second-order valence-electron chi connectivity index (χ2n) is 7.69. The van der Waals surface area contributed by atoms with Crippen LogP contribution in [0, 0.1) is 5.92 Å². The number of fused-ring (bicyclic) bond motifs is 1. The van der Waals surface area contributed by atoms with Crippen molar-refractivity contribution in [3.63, 3.8) is 0 Å². The second kappa shape index (κ2) is 8.75. The molecule has 0 saturated carbocycles. The number of amides is 1. The van der Waals surface area contributed by atoms with Gasteiger partial charge in [0.15, 0.2) is 0 Å². The summed E-state index contributed by atoms with van der Waals surface area (Å²) >= 11 is 0. The number of aromatic nitrogens is 2. The van der Waals surface area contributed by atoms with Crippen LogP contribution in [0.5, 0.6) is 0 Å². The van der Waals surface area contributed by atoms with E-state index in [9.17, 15) is 13.2 Å². The lowest BCUT2D eigenvalue weighted by Crippen LogP contribution is -2.39. The van der Waals surface area contributed by atoms with Crippen molar-refractivity contribution in [1.82, 2.24) is 14.5 Å². The summed E-state index contributed by atoms with van der Waals surface area (Å²) in [5.41, 5.74) is 2.27. The summed E-state index contributed by atoms with van der Waals surface area (Å²) < 4.78 is 30.8. The van der Waals surface area contributed by atoms with Crippen LogP contribution in [0.2, 0.25) is 0 Å². The zero-order chi connectivity index (χ0) is 21.2. The number of carbonyl (C=O) groups excluding carboxylic acids is 1. The van der Waals surface area contributed by atoms with Crippen molar-refractivity contribution in [2.24, 2.45) is 5.92 Å². The van der Waals surface area contributed by atoms with Gasteiger partial charge >= 0.3 is 6.09 Å². The molecule has 29 heavy (non-hydrogen) atoms. The molecule has 2 aromatic rings. The first-order chi connectivity index (χ1) is 13.7. The molecule has 1 aliphatic rings. The quantitative estimate of drug-likeness (QED) is 0.638. The summed E-state index contributed by atoms with van der Waals surface area (Å²) in [6.45, 7) is 7.50. The Bertz CT molecular complexity index is 973. The molecule has 1 amide bonds. The topological polar surface area (TPSA) is 81.5 Å². The van der Waals surface area contributed by atoms with Gasteiger partial charge in [-0.3, -0.25) is 4.90 Å². The molecule has 0 bridgehead atoms. The van der Waals surface area contributed by atoms with Crippen LogP contribution in [0.4, 0.5) is 4.79 Å². The third-order valence-electron chi connectivity index (χ3n) is 5.31. The first-order valence-electron chi connectivity index (χ1n) is 9.62. The third kappa shape index (κ3) is 5.30. The monoisotopic (exact) mass is 439 g/mol. The van der Waals surface area contributed by atoms with Crippen molar-refractivity contribution in [2.75, 3.05) is 6.54 Å². The lowest BCUT2D eigenvalue weighted by Gasteiger charge is -2.27. The number of benzene rings is 1. The number of rotatable bonds is 6. The number of halogens is 1. The number of ether oxygens (including phenoxy) is 1. The van der Waals surface area contributed by atoms with Gasteiger partial charge in [-0.15, -0.1) is 0 Å². The maximum atomic E-state index is 12.5. The van der Waals surface area contributed by atoms with E-state index in [0.717, 1.165) is 11.3 Å². The fourth-order valence-corrected chi connectivity index (χ4v) is 4.32. The Balaban J connectivity index is 1.78. The van der Waals surface area contributed by atoms with Gasteiger partial charge in [0.25, 0.3) is 0 Å². The molecule has 9 heteroatoms. The van der Waals surface area contributed by atoms with Crippen molar-refractivity contribution in [3.05, 3.63) is 53.1 Å². The Morgan fingerprint density at radius 3 is 2.52 bits per heavy atom. The molecule has 0 saturated heterocycles. The Labute approximate surface area is 176 Å². The number of hydrogen-bond acceptors (Lipinski definition) is 5. The summed E-state index contributed by atoms with van der Waals surface area (Å²) in [4.78, 5) is 18.8. The number of hydrogen-bond donors (Lipinski definition) is 0. The molecule has 158 valence electrons. The predicted octanol–water partition coefficient (Wildman–Crippen LogP) is 3.86. The molecule has 1 aliphatic heterocycles. The standard InChI is InChI=1S/C20H26ClN3O4S/c1-14(2)15(3)19-17(13-29(21,26)27)24-10-9-23(11-18(24)22-19)20(25)28-12-16-7-5-4-6-8-16/h4-8,14-15H,9-13H2,1-3H3/t15-/m0/s1. The molecular weight excluding hydrogens is 414 g/mol. The Hall–Kier alpha value is -2.06. The minimum Gasteiger partial charge on any atom is -0.445 e. The highest BCUT2D eigenvalue weighted by Gasteiger charge is 2.30. The predicted molar refractivity (Wildman–Crippen MR) is 111 cm³/mol. The summed E-state index contributed by atoms with van der Waals surface area (Å²) in [6, 6.07) is 9.49. The minimum absolute atomic E-state index is 0.0694. The van der Waals surface area contributed by atoms with Crippen molar-refractivity contribution in [2.45, 2.75) is 52.1 Å². The van der Waals surface area contributed by atoms with Gasteiger partial charge in [0.2, 0.25) is 9.05 Å². The zero-order valence-electron chi connectivity index (χ0n) is 16.8. The van der Waals surface area contributed by atoms with Crippen molar-refractivity contribution >= 4 is 25.8 Å². The van der Waals surface area contributed by atoms with Crippen LogP contribution in [0.1, 0.15) is 49.5 Å². The highest BCUT2D eigenvalue weighted by Crippen LogP contribution is 2.30. The van der Waals surface area contributed by atoms with Gasteiger partial charge < -0.3 is 9.30 Å². The van der Waals surface area contributed by atoms with Gasteiger partial charge in [-0.25, -0.2) is 18.2 Å². The molecule has 1 atom stereocenters. The average molecular weight is 440 g/mol. The van der Waals surface area contributed by atoms with Crippen molar-refractivity contribution in [3.8, 4) is 0 Å². The highest BCUT2D eigenvalue weighted by atomic mass is 35.7. The van der Waals surface area contributed by atoms with Gasteiger partial charge in [0.05, 0.1) is 17.9 Å². The molecule has 7 nitrogen and oxygen atoms in total. The highest BCUT2D eigenvalue weighted by molar-refractivity contribution is 8.13. The third-order valence-corrected chi connectivity index (χ3v) is 6.26. The van der Waals surface area contributed by atoms with Crippen LogP contribution >= 0.6 is 10.7 Å². The van der Waals surface area contributed by atoms with Crippen molar-refractivity contribution < 1.29 is 17.9 Å². The summed E-state index contributed by atoms with van der Waals surface area (Å²) in [6.07, 6.45) is -0.409. The summed E-state index contributed by atoms with van der Waals surface area (Å²) in [7, 11) is 1.82. The fourth-order valence-electron chi connectivity index (χ4n) is 3.38. The van der Waals surface area contributed by atoms with Crippen LogP contribution < -0.4 is 0 Å². The van der Waals surface area contributed by atoms with Gasteiger partial charge in [-0.1, -0.05) is 51.1 Å². The maximum absolute atomic E-state index is 12.5. The van der Waals surface area contributed by atoms with Crippen LogP contribution in [-0.2, 0) is 39.2 Å². The first-order valence-corrected chi connectivity index (χ1v) is 12.1. The van der Waals surface area contributed by atoms with Crippen LogP contribution in [0.3, 0.4) is 0 Å². The van der Waals surface area contributed by atoms with E-state index in [0.29, 0.717) is 24.6 Å². The van der Waals surface area contributed by atoms with E-state index in [-0.39, 0.29) is 30.7 Å². The normalized spacial score (nSPS) is 15.3. The lowest BCUT2D eigenvalue weighted by atomic mass is 9.94. The van der Waals surface area contributed by atoms with E-state index in [1.165, 1.54) is 0 Å². The molecule has 1 aromatic carbocycles. The number of carbonyl (C=O) groups is 1. The van der Waals surface area contributed by atoms with E-state index >= 15 is 0 Å². The zero-order valence-corrected chi connectivity index (χ0v) is 18.4. The molecule has 0 fully saturated rings. The molecule has 1 aromatic heterocycles. The van der Waals surface area contributed by atoms with Gasteiger partial charge in [-0.05, 0) is 11.5 Å². The Kier molecular flexibility index (Phi) is 6.53. The molecule has 0 aliphatic carbocycles. The van der Waals surface area contributed by atoms with E-state index in [1.54, 1.807) is 4.90 Å². The van der Waals surface area contributed by atoms with E-state index < -0.39 is 15.1 Å². The molecular formula is C20H26ClN3O4S. The Morgan fingerprint density at radius 2 is 1.90 bits per heavy atom. The average Bonchev–Trinajstić information content (AvgIpc) is 3.02. The van der Waals surface area contributed by atoms with Crippen molar-refractivity contribution in [1.29, 1.82) is 0 Å². The molecule has 0 N–H and O–H groups in total. The number of imidazole rings is 1. The van der Waals surface area contributed by atoms with Gasteiger partial charge in [0, 0.05) is 29.7 Å².